The lowest BCUT2D eigenvalue weighted by Gasteiger charge is -2.34. The molecule has 0 unspecified atom stereocenters. The highest BCUT2D eigenvalue weighted by molar-refractivity contribution is 9.10. The van der Waals surface area contributed by atoms with Gasteiger partial charge < -0.3 is 10.6 Å². The molecule has 1 aliphatic rings. The van der Waals surface area contributed by atoms with Gasteiger partial charge in [0.25, 0.3) is 5.91 Å². The number of aromatic nitrogens is 3. The topological polar surface area (TPSA) is 76.5 Å². The van der Waals surface area contributed by atoms with E-state index in [2.05, 4.69) is 26.1 Å². The van der Waals surface area contributed by atoms with E-state index in [9.17, 15) is 9.18 Å². The van der Waals surface area contributed by atoms with Crippen LogP contribution in [0.2, 0.25) is 0 Å². The number of primary amides is 1. The van der Waals surface area contributed by atoms with E-state index in [0.29, 0.717) is 23.2 Å². The van der Waals surface area contributed by atoms with Crippen LogP contribution in [0.5, 0.6) is 0 Å². The number of carbonyl (C=O) groups is 1. The van der Waals surface area contributed by atoms with Gasteiger partial charge in [0.15, 0.2) is 5.65 Å². The summed E-state index contributed by atoms with van der Waals surface area (Å²) in [5.74, 6) is -0.156. The predicted octanol–water partition coefficient (Wildman–Crippen LogP) is 3.11. The molecule has 0 atom stereocenters. The number of fused-ring (bicyclic) bond motifs is 1. The Morgan fingerprint density at radius 2 is 2.00 bits per heavy atom. The zero-order chi connectivity index (χ0) is 18.3. The van der Waals surface area contributed by atoms with Crippen LogP contribution in [0.1, 0.15) is 34.9 Å². The van der Waals surface area contributed by atoms with Gasteiger partial charge in [0, 0.05) is 29.7 Å². The van der Waals surface area contributed by atoms with E-state index in [1.54, 1.807) is 6.07 Å². The highest BCUT2D eigenvalue weighted by Gasteiger charge is 2.27. The molecule has 1 aromatic carbocycles. The van der Waals surface area contributed by atoms with Crippen molar-refractivity contribution in [3.05, 3.63) is 58.2 Å². The average molecular weight is 418 g/mol. The van der Waals surface area contributed by atoms with Crippen LogP contribution in [-0.4, -0.2) is 33.6 Å². The Labute approximate surface area is 157 Å². The van der Waals surface area contributed by atoms with Crippen LogP contribution in [0.15, 0.2) is 41.0 Å². The van der Waals surface area contributed by atoms with Crippen LogP contribution < -0.4 is 10.6 Å². The predicted molar refractivity (Wildman–Crippen MR) is 99.8 cm³/mol. The van der Waals surface area contributed by atoms with Gasteiger partial charge in [0.1, 0.15) is 11.6 Å². The third kappa shape index (κ3) is 2.94. The van der Waals surface area contributed by atoms with Gasteiger partial charge in [0.2, 0.25) is 0 Å². The maximum atomic E-state index is 14.2. The fourth-order valence-electron chi connectivity index (χ4n) is 3.57. The van der Waals surface area contributed by atoms with E-state index < -0.39 is 11.7 Å². The smallest absolute Gasteiger partial charge is 0.253 e. The van der Waals surface area contributed by atoms with Gasteiger partial charge in [0.05, 0.1) is 11.3 Å². The molecule has 0 bridgehead atoms. The summed E-state index contributed by atoms with van der Waals surface area (Å²) in [6.45, 7) is 1.37. The van der Waals surface area contributed by atoms with Crippen molar-refractivity contribution < 1.29 is 9.18 Å². The molecule has 1 aliphatic heterocycles. The lowest BCUT2D eigenvalue weighted by Crippen LogP contribution is -2.35. The second-order valence-electron chi connectivity index (χ2n) is 6.39. The molecule has 2 N–H and O–H groups in total. The third-order valence-electron chi connectivity index (χ3n) is 4.82. The van der Waals surface area contributed by atoms with Gasteiger partial charge in [-0.15, -0.1) is 10.2 Å². The molecule has 0 saturated carbocycles. The van der Waals surface area contributed by atoms with E-state index in [0.717, 1.165) is 24.3 Å². The van der Waals surface area contributed by atoms with Crippen molar-refractivity contribution >= 4 is 33.2 Å². The number of pyridine rings is 1. The normalized spacial score (nSPS) is 15.5. The SMILES string of the molecule is NC(=O)c1c(F)cc(Br)cc1N1CCC(c2nnc3ccccn23)CC1. The fourth-order valence-corrected chi connectivity index (χ4v) is 3.99. The third-order valence-corrected chi connectivity index (χ3v) is 5.28. The number of piperidine rings is 1. The van der Waals surface area contributed by atoms with Crippen molar-refractivity contribution in [2.45, 2.75) is 18.8 Å². The molecule has 1 saturated heterocycles. The standard InChI is InChI=1S/C18H17BrFN5O/c19-12-9-13(20)16(17(21)26)14(10-12)24-7-4-11(5-8-24)18-23-22-15-3-1-2-6-25(15)18/h1-3,6,9-11H,4-5,7-8H2,(H2,21,26). The number of nitrogens with two attached hydrogens (primary N) is 1. The number of amides is 1. The Kier molecular flexibility index (Phi) is 4.36. The highest BCUT2D eigenvalue weighted by atomic mass is 79.9. The lowest BCUT2D eigenvalue weighted by atomic mass is 9.95. The molecule has 6 nitrogen and oxygen atoms in total. The van der Waals surface area contributed by atoms with Gasteiger partial charge in [-0.2, -0.15) is 0 Å². The first kappa shape index (κ1) is 17.0. The molecule has 2 aromatic heterocycles. The van der Waals surface area contributed by atoms with Crippen molar-refractivity contribution in [3.8, 4) is 0 Å². The first-order valence-corrected chi connectivity index (χ1v) is 9.17. The molecule has 0 aliphatic carbocycles. The molecule has 4 rings (SSSR count). The van der Waals surface area contributed by atoms with Crippen molar-refractivity contribution in [2.75, 3.05) is 18.0 Å². The van der Waals surface area contributed by atoms with Crippen LogP contribution in [0.25, 0.3) is 5.65 Å². The molecule has 134 valence electrons. The van der Waals surface area contributed by atoms with E-state index in [1.165, 1.54) is 6.07 Å². The van der Waals surface area contributed by atoms with E-state index >= 15 is 0 Å². The minimum Gasteiger partial charge on any atom is -0.371 e. The molecule has 0 radical (unpaired) electrons. The number of carbonyl (C=O) groups excluding carboxylic acids is 1. The van der Waals surface area contributed by atoms with Crippen molar-refractivity contribution in [1.82, 2.24) is 14.6 Å². The summed E-state index contributed by atoms with van der Waals surface area (Å²) in [5, 5.41) is 8.56. The molecule has 26 heavy (non-hydrogen) atoms. The number of anilines is 1. The Morgan fingerprint density at radius 3 is 2.73 bits per heavy atom. The number of benzene rings is 1. The van der Waals surface area contributed by atoms with Gasteiger partial charge in [-0.25, -0.2) is 4.39 Å². The summed E-state index contributed by atoms with van der Waals surface area (Å²) < 4.78 is 16.8. The Balaban J connectivity index is 1.59. The zero-order valence-electron chi connectivity index (χ0n) is 13.9. The summed E-state index contributed by atoms with van der Waals surface area (Å²) in [6.07, 6.45) is 3.63. The molecule has 0 spiro atoms. The molecule has 3 heterocycles. The second-order valence-corrected chi connectivity index (χ2v) is 7.31. The number of rotatable bonds is 3. The largest absolute Gasteiger partial charge is 0.371 e. The van der Waals surface area contributed by atoms with Gasteiger partial charge in [-0.05, 0) is 37.1 Å². The van der Waals surface area contributed by atoms with Gasteiger partial charge >= 0.3 is 0 Å². The van der Waals surface area contributed by atoms with Crippen LogP contribution in [-0.2, 0) is 0 Å². The summed E-state index contributed by atoms with van der Waals surface area (Å²) in [5.41, 5.74) is 6.71. The first-order valence-electron chi connectivity index (χ1n) is 8.38. The van der Waals surface area contributed by atoms with Crippen molar-refractivity contribution in [3.63, 3.8) is 0 Å². The number of hydrogen-bond donors (Lipinski definition) is 1. The molecule has 1 fully saturated rings. The minimum atomic E-state index is -0.754. The maximum Gasteiger partial charge on any atom is 0.253 e. The summed E-state index contributed by atoms with van der Waals surface area (Å²) in [7, 11) is 0. The van der Waals surface area contributed by atoms with Crippen molar-refractivity contribution in [2.24, 2.45) is 5.73 Å². The Hall–Kier alpha value is -2.48. The average Bonchev–Trinajstić information content (AvgIpc) is 3.05. The Bertz CT molecular complexity index is 981. The quantitative estimate of drug-likeness (QED) is 0.709. The molecular weight excluding hydrogens is 401 g/mol. The number of nitrogens with zero attached hydrogens (tertiary/aromatic N) is 4. The van der Waals surface area contributed by atoms with Crippen LogP contribution in [0.4, 0.5) is 10.1 Å². The lowest BCUT2D eigenvalue weighted by molar-refractivity contribution is 0.0997. The van der Waals surface area contributed by atoms with Crippen LogP contribution in [0.3, 0.4) is 0 Å². The highest BCUT2D eigenvalue weighted by Crippen LogP contribution is 2.33. The number of hydrogen-bond acceptors (Lipinski definition) is 4. The van der Waals surface area contributed by atoms with Crippen LogP contribution in [0, 0.1) is 5.82 Å². The minimum absolute atomic E-state index is 0.0559. The van der Waals surface area contributed by atoms with E-state index in [1.807, 2.05) is 33.7 Å². The Morgan fingerprint density at radius 1 is 1.23 bits per heavy atom. The second kappa shape index (κ2) is 6.68. The monoisotopic (exact) mass is 417 g/mol. The molecular formula is C18H17BrFN5O. The van der Waals surface area contributed by atoms with Gasteiger partial charge in [-0.3, -0.25) is 9.20 Å². The first-order chi connectivity index (χ1) is 12.5. The number of halogens is 2. The van der Waals surface area contributed by atoms with E-state index in [-0.39, 0.29) is 11.5 Å². The van der Waals surface area contributed by atoms with E-state index in [4.69, 9.17) is 5.73 Å². The fraction of sp³-hybridized carbons (Fsp3) is 0.278. The molecule has 3 aromatic rings. The summed E-state index contributed by atoms with van der Waals surface area (Å²) in [4.78, 5) is 13.7. The van der Waals surface area contributed by atoms with Crippen LogP contribution >= 0.6 is 15.9 Å². The van der Waals surface area contributed by atoms with Crippen molar-refractivity contribution in [1.29, 1.82) is 0 Å². The van der Waals surface area contributed by atoms with Gasteiger partial charge in [-0.1, -0.05) is 22.0 Å². The molecule has 8 heteroatoms. The molecule has 1 amide bonds. The zero-order valence-corrected chi connectivity index (χ0v) is 15.5. The maximum absolute atomic E-state index is 14.2. The summed E-state index contributed by atoms with van der Waals surface area (Å²) in [6, 6.07) is 8.83. The summed E-state index contributed by atoms with van der Waals surface area (Å²) >= 11 is 3.29.